The molecular weight excluding hydrogens is 253 g/mol. The summed E-state index contributed by atoms with van der Waals surface area (Å²) in [5.41, 5.74) is 7.50. The first kappa shape index (κ1) is 11.0. The van der Waals surface area contributed by atoms with Gasteiger partial charge in [-0.1, -0.05) is 27.5 Å². The molecule has 0 aromatic heterocycles. The van der Waals surface area contributed by atoms with Gasteiger partial charge in [0.2, 0.25) is 0 Å². The second kappa shape index (κ2) is 4.42. The Bertz CT molecular complexity index is 317. The van der Waals surface area contributed by atoms with Crippen LogP contribution in [0.5, 0.6) is 0 Å². The van der Waals surface area contributed by atoms with Gasteiger partial charge in [0, 0.05) is 9.50 Å². The molecule has 0 heterocycles. The van der Waals surface area contributed by atoms with Crippen LogP contribution < -0.4 is 5.73 Å². The molecule has 0 amide bonds. The van der Waals surface area contributed by atoms with Gasteiger partial charge in [0.1, 0.15) is 0 Å². The molecule has 3 N–H and O–H groups in total. The highest BCUT2D eigenvalue weighted by Crippen LogP contribution is 2.27. The fourth-order valence-electron chi connectivity index (χ4n) is 1.15. The third-order valence-corrected chi connectivity index (χ3v) is 2.80. The normalized spacial score (nSPS) is 13.0. The predicted molar refractivity (Wildman–Crippen MR) is 57.9 cm³/mol. The third kappa shape index (κ3) is 2.44. The number of halogens is 2. The summed E-state index contributed by atoms with van der Waals surface area (Å²) < 4.78 is 0.877. The van der Waals surface area contributed by atoms with Crippen molar-refractivity contribution in [3.63, 3.8) is 0 Å². The van der Waals surface area contributed by atoms with Gasteiger partial charge in [0.05, 0.1) is 12.6 Å². The highest BCUT2D eigenvalue weighted by Gasteiger charge is 2.10. The van der Waals surface area contributed by atoms with Crippen molar-refractivity contribution in [2.45, 2.75) is 13.0 Å². The molecule has 13 heavy (non-hydrogen) atoms. The molecule has 1 rings (SSSR count). The molecule has 72 valence electrons. The lowest BCUT2D eigenvalue weighted by molar-refractivity contribution is 0.267. The first-order valence-corrected chi connectivity index (χ1v) is 5.05. The van der Waals surface area contributed by atoms with E-state index in [1.807, 2.05) is 19.1 Å². The molecule has 1 aromatic carbocycles. The Morgan fingerprint density at radius 2 is 2.23 bits per heavy atom. The van der Waals surface area contributed by atoms with Crippen LogP contribution in [0.1, 0.15) is 17.2 Å². The van der Waals surface area contributed by atoms with E-state index in [0.29, 0.717) is 5.02 Å². The van der Waals surface area contributed by atoms with E-state index in [1.165, 1.54) is 0 Å². The fourth-order valence-corrected chi connectivity index (χ4v) is 1.98. The van der Waals surface area contributed by atoms with Crippen molar-refractivity contribution in [2.24, 2.45) is 5.73 Å². The summed E-state index contributed by atoms with van der Waals surface area (Å²) in [5, 5.41) is 9.57. The minimum absolute atomic E-state index is 0.0758. The number of hydrogen-bond acceptors (Lipinski definition) is 2. The maximum absolute atomic E-state index is 8.91. The summed E-state index contributed by atoms with van der Waals surface area (Å²) in [6.45, 7) is 1.81. The molecule has 0 saturated heterocycles. The van der Waals surface area contributed by atoms with Crippen LogP contribution in [0.15, 0.2) is 16.6 Å². The molecule has 1 unspecified atom stereocenters. The number of benzene rings is 1. The molecule has 0 spiro atoms. The molecule has 4 heteroatoms. The summed E-state index contributed by atoms with van der Waals surface area (Å²) in [6, 6.07) is 3.32. The van der Waals surface area contributed by atoms with Crippen molar-refractivity contribution in [2.75, 3.05) is 6.61 Å². The first-order valence-electron chi connectivity index (χ1n) is 3.88. The molecule has 0 saturated carbocycles. The maximum atomic E-state index is 8.91. The monoisotopic (exact) mass is 263 g/mol. The lowest BCUT2D eigenvalue weighted by Gasteiger charge is -2.13. The van der Waals surface area contributed by atoms with Crippen LogP contribution in [0.3, 0.4) is 0 Å². The molecule has 2 nitrogen and oxygen atoms in total. The van der Waals surface area contributed by atoms with E-state index >= 15 is 0 Å². The molecular formula is C9H11BrClNO. The Hall–Kier alpha value is -0.0900. The predicted octanol–water partition coefficient (Wildman–Crippen LogP) is 2.40. The number of aliphatic hydroxyl groups excluding tert-OH is 1. The molecule has 0 aliphatic heterocycles. The van der Waals surface area contributed by atoms with Gasteiger partial charge >= 0.3 is 0 Å². The van der Waals surface area contributed by atoms with Crippen LogP contribution in [-0.4, -0.2) is 11.7 Å². The second-order valence-corrected chi connectivity index (χ2v) is 4.21. The number of nitrogens with two attached hydrogens (primary N) is 1. The van der Waals surface area contributed by atoms with E-state index in [0.717, 1.165) is 15.6 Å². The summed E-state index contributed by atoms with van der Waals surface area (Å²) in [5.74, 6) is 0. The van der Waals surface area contributed by atoms with Crippen LogP contribution in [0.2, 0.25) is 5.02 Å². The van der Waals surface area contributed by atoms with Gasteiger partial charge in [0.15, 0.2) is 0 Å². The van der Waals surface area contributed by atoms with Gasteiger partial charge in [-0.25, -0.2) is 0 Å². The largest absolute Gasteiger partial charge is 0.394 e. The molecule has 0 bridgehead atoms. The minimum atomic E-state index is -0.366. The average Bonchev–Trinajstić information content (AvgIpc) is 2.10. The SMILES string of the molecule is Cc1c(Cl)cc(Br)cc1C(N)CO. The summed E-state index contributed by atoms with van der Waals surface area (Å²) in [6.07, 6.45) is 0. The van der Waals surface area contributed by atoms with Gasteiger partial charge in [0.25, 0.3) is 0 Å². The smallest absolute Gasteiger partial charge is 0.0624 e. The Morgan fingerprint density at radius 1 is 1.62 bits per heavy atom. The second-order valence-electron chi connectivity index (χ2n) is 2.89. The van der Waals surface area contributed by atoms with Crippen molar-refractivity contribution in [1.29, 1.82) is 0 Å². The van der Waals surface area contributed by atoms with Crippen LogP contribution in [0, 0.1) is 6.92 Å². The molecule has 1 aromatic rings. The topological polar surface area (TPSA) is 46.2 Å². The summed E-state index contributed by atoms with van der Waals surface area (Å²) in [7, 11) is 0. The van der Waals surface area contributed by atoms with Crippen molar-refractivity contribution in [3.8, 4) is 0 Å². The molecule has 0 fully saturated rings. The van der Waals surface area contributed by atoms with Gasteiger partial charge in [-0.15, -0.1) is 0 Å². The minimum Gasteiger partial charge on any atom is -0.394 e. The highest BCUT2D eigenvalue weighted by atomic mass is 79.9. The lowest BCUT2D eigenvalue weighted by atomic mass is 10.0. The zero-order valence-electron chi connectivity index (χ0n) is 7.22. The molecule has 1 atom stereocenters. The van der Waals surface area contributed by atoms with E-state index in [1.54, 1.807) is 0 Å². The zero-order valence-corrected chi connectivity index (χ0v) is 9.56. The summed E-state index contributed by atoms with van der Waals surface area (Å²) in [4.78, 5) is 0. The number of rotatable bonds is 2. The fraction of sp³-hybridized carbons (Fsp3) is 0.333. The lowest BCUT2D eigenvalue weighted by Crippen LogP contribution is -2.15. The Balaban J connectivity index is 3.20. The van der Waals surface area contributed by atoms with E-state index in [2.05, 4.69) is 15.9 Å². The van der Waals surface area contributed by atoms with Crippen molar-refractivity contribution in [1.82, 2.24) is 0 Å². The van der Waals surface area contributed by atoms with Crippen LogP contribution >= 0.6 is 27.5 Å². The number of aliphatic hydroxyl groups is 1. The standard InChI is InChI=1S/C9H11BrClNO/c1-5-7(9(12)4-13)2-6(10)3-8(5)11/h2-3,9,13H,4,12H2,1H3. The zero-order chi connectivity index (χ0) is 10.0. The van der Waals surface area contributed by atoms with Crippen molar-refractivity contribution in [3.05, 3.63) is 32.8 Å². The van der Waals surface area contributed by atoms with Crippen molar-refractivity contribution >= 4 is 27.5 Å². The molecule has 0 radical (unpaired) electrons. The van der Waals surface area contributed by atoms with E-state index < -0.39 is 0 Å². The quantitative estimate of drug-likeness (QED) is 0.862. The van der Waals surface area contributed by atoms with E-state index in [4.69, 9.17) is 22.4 Å². The van der Waals surface area contributed by atoms with Gasteiger partial charge in [-0.3, -0.25) is 0 Å². The number of hydrogen-bond donors (Lipinski definition) is 2. The van der Waals surface area contributed by atoms with Crippen LogP contribution in [0.4, 0.5) is 0 Å². The third-order valence-electron chi connectivity index (χ3n) is 1.95. The Labute approximate surface area is 90.8 Å². The maximum Gasteiger partial charge on any atom is 0.0624 e. The van der Waals surface area contributed by atoms with Crippen LogP contribution in [0.25, 0.3) is 0 Å². The van der Waals surface area contributed by atoms with Gasteiger partial charge in [-0.05, 0) is 30.2 Å². The van der Waals surface area contributed by atoms with E-state index in [9.17, 15) is 0 Å². The molecule has 0 aliphatic carbocycles. The summed E-state index contributed by atoms with van der Waals surface area (Å²) >= 11 is 9.28. The first-order chi connectivity index (χ1) is 6.06. The molecule has 0 aliphatic rings. The average molecular weight is 265 g/mol. The van der Waals surface area contributed by atoms with Crippen LogP contribution in [-0.2, 0) is 0 Å². The Kier molecular flexibility index (Phi) is 3.74. The highest BCUT2D eigenvalue weighted by molar-refractivity contribution is 9.10. The Morgan fingerprint density at radius 3 is 2.77 bits per heavy atom. The van der Waals surface area contributed by atoms with Gasteiger partial charge in [-0.2, -0.15) is 0 Å². The van der Waals surface area contributed by atoms with Gasteiger partial charge < -0.3 is 10.8 Å². The van der Waals surface area contributed by atoms with Crippen molar-refractivity contribution < 1.29 is 5.11 Å². The van der Waals surface area contributed by atoms with E-state index in [-0.39, 0.29) is 12.6 Å².